The van der Waals surface area contributed by atoms with Crippen LogP contribution >= 0.6 is 10.7 Å². The Bertz CT molecular complexity index is 602. The summed E-state index contributed by atoms with van der Waals surface area (Å²) in [4.78, 5) is -0.795. The molecule has 1 aromatic carbocycles. The zero-order valence-electron chi connectivity index (χ0n) is 8.34. The third kappa shape index (κ3) is 2.70. The van der Waals surface area contributed by atoms with E-state index < -0.39 is 36.8 Å². The summed E-state index contributed by atoms with van der Waals surface area (Å²) in [6.07, 6.45) is -4.70. The number of hydrogen-bond donors (Lipinski definition) is 0. The number of rotatable bonds is 1. The minimum absolute atomic E-state index is 0.412. The molecule has 17 heavy (non-hydrogen) atoms. The van der Waals surface area contributed by atoms with Gasteiger partial charge in [0.15, 0.2) is 0 Å². The minimum Gasteiger partial charge on any atom is -0.207 e. The summed E-state index contributed by atoms with van der Waals surface area (Å²) < 4.78 is 59.9. The van der Waals surface area contributed by atoms with Crippen molar-refractivity contribution in [1.29, 1.82) is 5.26 Å². The van der Waals surface area contributed by atoms with Crippen molar-refractivity contribution < 1.29 is 21.6 Å². The summed E-state index contributed by atoms with van der Waals surface area (Å²) >= 11 is 0. The van der Waals surface area contributed by atoms with Gasteiger partial charge in [-0.3, -0.25) is 0 Å². The van der Waals surface area contributed by atoms with Gasteiger partial charge in [-0.05, 0) is 24.6 Å². The van der Waals surface area contributed by atoms with Gasteiger partial charge in [-0.1, -0.05) is 0 Å². The SMILES string of the molecule is Cc1c(C(F)(F)F)ccc(C#N)c1S(=O)(=O)Cl. The fourth-order valence-electron chi connectivity index (χ4n) is 1.40. The number of benzene rings is 1. The molecule has 0 saturated heterocycles. The second-order valence-electron chi connectivity index (χ2n) is 3.16. The van der Waals surface area contributed by atoms with Crippen LogP contribution in [-0.2, 0) is 15.2 Å². The number of alkyl halides is 3. The molecule has 92 valence electrons. The van der Waals surface area contributed by atoms with Gasteiger partial charge in [0.25, 0.3) is 9.05 Å². The Kier molecular flexibility index (Phi) is 3.41. The second-order valence-corrected chi connectivity index (χ2v) is 5.67. The average Bonchev–Trinajstić information content (AvgIpc) is 2.12. The highest BCUT2D eigenvalue weighted by Crippen LogP contribution is 2.36. The fourth-order valence-corrected chi connectivity index (χ4v) is 2.85. The topological polar surface area (TPSA) is 57.9 Å². The van der Waals surface area contributed by atoms with Gasteiger partial charge in [0, 0.05) is 10.7 Å². The van der Waals surface area contributed by atoms with Crippen molar-refractivity contribution in [2.75, 3.05) is 0 Å². The van der Waals surface area contributed by atoms with Crippen LogP contribution in [0.1, 0.15) is 16.7 Å². The molecule has 0 bridgehead atoms. The van der Waals surface area contributed by atoms with Crippen LogP contribution in [0.25, 0.3) is 0 Å². The molecule has 0 spiro atoms. The van der Waals surface area contributed by atoms with Crippen molar-refractivity contribution in [1.82, 2.24) is 0 Å². The van der Waals surface area contributed by atoms with E-state index in [9.17, 15) is 21.6 Å². The average molecular weight is 284 g/mol. The van der Waals surface area contributed by atoms with Gasteiger partial charge in [-0.15, -0.1) is 0 Å². The number of hydrogen-bond acceptors (Lipinski definition) is 3. The minimum atomic E-state index is -4.70. The molecular weight excluding hydrogens is 279 g/mol. The van der Waals surface area contributed by atoms with E-state index in [-0.39, 0.29) is 0 Å². The Morgan fingerprint density at radius 2 is 1.88 bits per heavy atom. The van der Waals surface area contributed by atoms with Crippen molar-refractivity contribution in [2.24, 2.45) is 0 Å². The summed E-state index contributed by atoms with van der Waals surface area (Å²) in [6.45, 7) is 0.957. The first kappa shape index (κ1) is 13.8. The van der Waals surface area contributed by atoms with E-state index in [0.717, 1.165) is 13.0 Å². The predicted octanol–water partition coefficient (Wildman–Crippen LogP) is 2.81. The molecule has 0 aliphatic rings. The maximum Gasteiger partial charge on any atom is 0.416 e. The first-order valence-corrected chi connectivity index (χ1v) is 6.45. The van der Waals surface area contributed by atoms with Gasteiger partial charge < -0.3 is 0 Å². The van der Waals surface area contributed by atoms with Crippen LogP contribution in [0.5, 0.6) is 0 Å². The molecule has 3 nitrogen and oxygen atoms in total. The molecule has 0 N–H and O–H groups in total. The first-order valence-electron chi connectivity index (χ1n) is 4.14. The molecule has 0 aliphatic carbocycles. The normalized spacial score (nSPS) is 12.2. The Morgan fingerprint density at radius 1 is 1.35 bits per heavy atom. The number of nitriles is 1. The lowest BCUT2D eigenvalue weighted by Crippen LogP contribution is -2.11. The van der Waals surface area contributed by atoms with Gasteiger partial charge >= 0.3 is 6.18 Å². The lowest BCUT2D eigenvalue weighted by molar-refractivity contribution is -0.138. The highest BCUT2D eigenvalue weighted by molar-refractivity contribution is 8.13. The molecule has 1 aromatic rings. The lowest BCUT2D eigenvalue weighted by Gasteiger charge is -2.13. The molecule has 1 rings (SSSR count). The zero-order valence-corrected chi connectivity index (χ0v) is 9.91. The van der Waals surface area contributed by atoms with Crippen molar-refractivity contribution in [3.05, 3.63) is 28.8 Å². The smallest absolute Gasteiger partial charge is 0.207 e. The van der Waals surface area contributed by atoms with Crippen molar-refractivity contribution in [3.63, 3.8) is 0 Å². The van der Waals surface area contributed by atoms with Crippen LogP contribution < -0.4 is 0 Å². The summed E-state index contributed by atoms with van der Waals surface area (Å²) in [7, 11) is 0.614. The van der Waals surface area contributed by atoms with E-state index in [1.165, 1.54) is 6.07 Å². The maximum atomic E-state index is 12.5. The van der Waals surface area contributed by atoms with E-state index in [1.807, 2.05) is 0 Å². The van der Waals surface area contributed by atoms with E-state index in [2.05, 4.69) is 0 Å². The molecular formula is C9H5ClF3NO2S. The Balaban J connectivity index is 3.75. The van der Waals surface area contributed by atoms with Gasteiger partial charge in [0.2, 0.25) is 0 Å². The standard InChI is InChI=1S/C9H5ClF3NO2S/c1-5-7(9(11,12)13)3-2-6(4-14)8(5)17(10,15)16/h2-3H,1H3. The molecule has 0 fully saturated rings. The highest BCUT2D eigenvalue weighted by atomic mass is 35.7. The Morgan fingerprint density at radius 3 is 2.24 bits per heavy atom. The van der Waals surface area contributed by atoms with Crippen molar-refractivity contribution in [2.45, 2.75) is 18.0 Å². The van der Waals surface area contributed by atoms with Crippen LogP contribution in [0.2, 0.25) is 0 Å². The fraction of sp³-hybridized carbons (Fsp3) is 0.222. The van der Waals surface area contributed by atoms with Crippen LogP contribution in [-0.4, -0.2) is 8.42 Å². The van der Waals surface area contributed by atoms with Gasteiger partial charge in [-0.25, -0.2) is 8.42 Å². The molecule has 0 heterocycles. The summed E-state index contributed by atoms with van der Waals surface area (Å²) in [5.74, 6) is 0. The van der Waals surface area contributed by atoms with Crippen LogP contribution in [0.4, 0.5) is 13.2 Å². The highest BCUT2D eigenvalue weighted by Gasteiger charge is 2.35. The molecule has 0 aliphatic heterocycles. The van der Waals surface area contributed by atoms with E-state index in [4.69, 9.17) is 15.9 Å². The van der Waals surface area contributed by atoms with E-state index in [0.29, 0.717) is 6.07 Å². The summed E-state index contributed by atoms with van der Waals surface area (Å²) in [5, 5.41) is 8.65. The lowest BCUT2D eigenvalue weighted by atomic mass is 10.1. The molecule has 0 unspecified atom stereocenters. The summed E-state index contributed by atoms with van der Waals surface area (Å²) in [5.41, 5.74) is -2.12. The van der Waals surface area contributed by atoms with E-state index >= 15 is 0 Å². The number of halogens is 4. The largest absolute Gasteiger partial charge is 0.416 e. The van der Waals surface area contributed by atoms with Gasteiger partial charge in [0.1, 0.15) is 11.0 Å². The van der Waals surface area contributed by atoms with Crippen LogP contribution in [0.3, 0.4) is 0 Å². The third-order valence-electron chi connectivity index (χ3n) is 2.08. The molecule has 8 heteroatoms. The zero-order chi connectivity index (χ0) is 13.4. The predicted molar refractivity (Wildman–Crippen MR) is 53.9 cm³/mol. The molecule has 0 saturated carbocycles. The second kappa shape index (κ2) is 4.20. The van der Waals surface area contributed by atoms with Gasteiger partial charge in [-0.2, -0.15) is 18.4 Å². The number of nitrogens with zero attached hydrogens (tertiary/aromatic N) is 1. The maximum absolute atomic E-state index is 12.5. The van der Waals surface area contributed by atoms with Crippen molar-refractivity contribution >= 4 is 19.7 Å². The molecule has 0 atom stereocenters. The monoisotopic (exact) mass is 283 g/mol. The molecule has 0 aromatic heterocycles. The Hall–Kier alpha value is -1.26. The summed E-state index contributed by atoms with van der Waals surface area (Å²) in [6, 6.07) is 2.93. The van der Waals surface area contributed by atoms with Crippen LogP contribution in [0, 0.1) is 18.3 Å². The Labute approximate surface area is 99.8 Å². The first-order chi connectivity index (χ1) is 7.59. The molecule has 0 amide bonds. The van der Waals surface area contributed by atoms with Crippen molar-refractivity contribution in [3.8, 4) is 6.07 Å². The third-order valence-corrected chi connectivity index (χ3v) is 3.55. The quantitative estimate of drug-likeness (QED) is 0.745. The molecule has 0 radical (unpaired) electrons. The van der Waals surface area contributed by atoms with Crippen LogP contribution in [0.15, 0.2) is 17.0 Å². The van der Waals surface area contributed by atoms with Gasteiger partial charge in [0.05, 0.1) is 11.1 Å². The van der Waals surface area contributed by atoms with E-state index in [1.54, 1.807) is 0 Å².